The molecule has 1 aromatic rings. The quantitative estimate of drug-likeness (QED) is 0.821. The molecule has 2 amide bonds. The largest absolute Gasteiger partial charge is 0.481 e. The molecule has 1 aliphatic rings. The van der Waals surface area contributed by atoms with Crippen molar-refractivity contribution in [2.24, 2.45) is 0 Å². The van der Waals surface area contributed by atoms with E-state index in [4.69, 9.17) is 5.11 Å². The van der Waals surface area contributed by atoms with E-state index in [0.29, 0.717) is 32.5 Å². The Labute approximate surface area is 128 Å². The monoisotopic (exact) mass is 306 g/mol. The molecule has 0 aliphatic carbocycles. The van der Waals surface area contributed by atoms with E-state index >= 15 is 0 Å². The van der Waals surface area contributed by atoms with Crippen molar-refractivity contribution in [3.05, 3.63) is 41.7 Å². The minimum absolute atomic E-state index is 0.0505. The molecule has 0 unspecified atom stereocenters. The highest BCUT2D eigenvalue weighted by molar-refractivity contribution is 5.76. The van der Waals surface area contributed by atoms with Crippen LogP contribution in [0.25, 0.3) is 5.57 Å². The van der Waals surface area contributed by atoms with Gasteiger partial charge in [0.05, 0.1) is 0 Å². The summed E-state index contributed by atoms with van der Waals surface area (Å²) in [5, 5.41) is 11.2. The lowest BCUT2D eigenvalue weighted by atomic mass is 10.00. The lowest BCUT2D eigenvalue weighted by Crippen LogP contribution is -2.42. The second-order valence-corrected chi connectivity index (χ2v) is 5.16. The molecule has 1 aromatic carbocycles. The summed E-state index contributed by atoms with van der Waals surface area (Å²) in [4.78, 5) is 24.0. The summed E-state index contributed by atoms with van der Waals surface area (Å²) in [6, 6.07) is 6.15. The third-order valence-corrected chi connectivity index (χ3v) is 3.56. The second kappa shape index (κ2) is 7.59. The summed E-state index contributed by atoms with van der Waals surface area (Å²) < 4.78 is 12.9. The minimum Gasteiger partial charge on any atom is -0.481 e. The molecule has 0 saturated carbocycles. The van der Waals surface area contributed by atoms with Crippen molar-refractivity contribution in [2.45, 2.75) is 19.3 Å². The molecule has 1 aliphatic heterocycles. The highest BCUT2D eigenvalue weighted by Crippen LogP contribution is 2.22. The topological polar surface area (TPSA) is 69.6 Å². The molecule has 0 radical (unpaired) electrons. The molecule has 5 nitrogen and oxygen atoms in total. The van der Waals surface area contributed by atoms with Crippen LogP contribution in [0.4, 0.5) is 9.18 Å². The average molecular weight is 306 g/mol. The van der Waals surface area contributed by atoms with Crippen molar-refractivity contribution in [3.63, 3.8) is 0 Å². The summed E-state index contributed by atoms with van der Waals surface area (Å²) >= 11 is 0. The molecular formula is C16H19FN2O3. The van der Waals surface area contributed by atoms with E-state index in [1.54, 1.807) is 17.0 Å². The number of nitrogens with zero attached hydrogens (tertiary/aromatic N) is 1. The molecule has 6 heteroatoms. The van der Waals surface area contributed by atoms with E-state index in [2.05, 4.69) is 5.32 Å². The third-order valence-electron chi connectivity index (χ3n) is 3.56. The van der Waals surface area contributed by atoms with Gasteiger partial charge in [-0.2, -0.15) is 0 Å². The first-order chi connectivity index (χ1) is 10.6. The van der Waals surface area contributed by atoms with Gasteiger partial charge in [0, 0.05) is 26.1 Å². The van der Waals surface area contributed by atoms with Crippen molar-refractivity contribution in [2.75, 3.05) is 19.6 Å². The molecule has 0 atom stereocenters. The van der Waals surface area contributed by atoms with Gasteiger partial charge in [0.1, 0.15) is 5.82 Å². The number of rotatable bonds is 5. The van der Waals surface area contributed by atoms with E-state index in [9.17, 15) is 14.0 Å². The number of amides is 2. The number of halogens is 1. The van der Waals surface area contributed by atoms with Gasteiger partial charge in [-0.05, 0) is 36.1 Å². The van der Waals surface area contributed by atoms with Crippen LogP contribution in [0.2, 0.25) is 0 Å². The fraction of sp³-hybridized carbons (Fsp3) is 0.375. The van der Waals surface area contributed by atoms with Gasteiger partial charge in [0.25, 0.3) is 0 Å². The summed E-state index contributed by atoms with van der Waals surface area (Å²) in [5.41, 5.74) is 2.08. The Morgan fingerprint density at radius 1 is 1.27 bits per heavy atom. The van der Waals surface area contributed by atoms with Crippen molar-refractivity contribution in [1.29, 1.82) is 0 Å². The number of hydrogen-bond donors (Lipinski definition) is 2. The number of nitrogens with one attached hydrogen (secondary N) is 1. The van der Waals surface area contributed by atoms with Gasteiger partial charge >= 0.3 is 12.0 Å². The maximum absolute atomic E-state index is 12.9. The van der Waals surface area contributed by atoms with E-state index in [1.165, 1.54) is 12.1 Å². The zero-order valence-corrected chi connectivity index (χ0v) is 12.2. The maximum Gasteiger partial charge on any atom is 0.317 e. The SMILES string of the molecule is O=C(O)CCCNC(=O)N1CC=C(c2ccc(F)cc2)CC1. The summed E-state index contributed by atoms with van der Waals surface area (Å²) in [5.74, 6) is -1.12. The molecule has 0 bridgehead atoms. The first-order valence-electron chi connectivity index (χ1n) is 7.26. The van der Waals surface area contributed by atoms with Crippen LogP contribution < -0.4 is 5.32 Å². The molecule has 0 aromatic heterocycles. The van der Waals surface area contributed by atoms with Gasteiger partial charge in [0.15, 0.2) is 0 Å². The predicted octanol–water partition coefficient (Wildman–Crippen LogP) is 2.49. The zero-order chi connectivity index (χ0) is 15.9. The number of aliphatic carboxylic acids is 1. The lowest BCUT2D eigenvalue weighted by molar-refractivity contribution is -0.137. The molecule has 0 fully saturated rings. The van der Waals surface area contributed by atoms with Gasteiger partial charge in [-0.15, -0.1) is 0 Å². The minimum atomic E-state index is -0.862. The Bertz CT molecular complexity index is 569. The van der Waals surface area contributed by atoms with Gasteiger partial charge in [-0.25, -0.2) is 9.18 Å². The number of carbonyl (C=O) groups is 2. The van der Waals surface area contributed by atoms with Gasteiger partial charge in [-0.1, -0.05) is 18.2 Å². The van der Waals surface area contributed by atoms with Crippen LogP contribution in [0.3, 0.4) is 0 Å². The van der Waals surface area contributed by atoms with E-state index in [1.807, 2.05) is 6.08 Å². The standard InChI is InChI=1S/C16H19FN2O3/c17-14-5-3-12(4-6-14)13-7-10-19(11-8-13)16(22)18-9-1-2-15(20)21/h3-7H,1-2,8-11H2,(H,18,22)(H,20,21). The highest BCUT2D eigenvalue weighted by Gasteiger charge is 2.17. The number of urea groups is 1. The Balaban J connectivity index is 1.81. The molecule has 2 N–H and O–H groups in total. The number of benzene rings is 1. The van der Waals surface area contributed by atoms with Crippen LogP contribution in [0.1, 0.15) is 24.8 Å². The van der Waals surface area contributed by atoms with Crippen LogP contribution >= 0.6 is 0 Å². The fourth-order valence-corrected chi connectivity index (χ4v) is 2.33. The number of carboxylic acids is 1. The maximum atomic E-state index is 12.9. The van der Waals surface area contributed by atoms with Gasteiger partial charge in [-0.3, -0.25) is 4.79 Å². The second-order valence-electron chi connectivity index (χ2n) is 5.16. The zero-order valence-electron chi connectivity index (χ0n) is 12.2. The van der Waals surface area contributed by atoms with E-state index in [0.717, 1.165) is 11.1 Å². The third kappa shape index (κ3) is 4.58. The summed E-state index contributed by atoms with van der Waals surface area (Å²) in [7, 11) is 0. The Morgan fingerprint density at radius 2 is 2.00 bits per heavy atom. The molecule has 118 valence electrons. The summed E-state index contributed by atoms with van der Waals surface area (Å²) in [6.45, 7) is 1.45. The molecular weight excluding hydrogens is 287 g/mol. The molecule has 2 rings (SSSR count). The van der Waals surface area contributed by atoms with Crippen molar-refractivity contribution < 1.29 is 19.1 Å². The Morgan fingerprint density at radius 3 is 2.59 bits per heavy atom. The fourth-order valence-electron chi connectivity index (χ4n) is 2.33. The van der Waals surface area contributed by atoms with Crippen LogP contribution in [0.5, 0.6) is 0 Å². The molecule has 1 heterocycles. The number of carboxylic acid groups (broad SMARTS) is 1. The van der Waals surface area contributed by atoms with Gasteiger partial charge < -0.3 is 15.3 Å². The Hall–Kier alpha value is -2.37. The number of carbonyl (C=O) groups excluding carboxylic acids is 1. The first-order valence-corrected chi connectivity index (χ1v) is 7.26. The number of hydrogen-bond acceptors (Lipinski definition) is 2. The van der Waals surface area contributed by atoms with Crippen molar-refractivity contribution in [1.82, 2.24) is 10.2 Å². The van der Waals surface area contributed by atoms with Crippen LogP contribution in [0, 0.1) is 5.82 Å². The van der Waals surface area contributed by atoms with Crippen LogP contribution in [-0.2, 0) is 4.79 Å². The smallest absolute Gasteiger partial charge is 0.317 e. The highest BCUT2D eigenvalue weighted by atomic mass is 19.1. The molecule has 22 heavy (non-hydrogen) atoms. The van der Waals surface area contributed by atoms with Crippen LogP contribution in [-0.4, -0.2) is 41.6 Å². The van der Waals surface area contributed by atoms with Crippen molar-refractivity contribution in [3.8, 4) is 0 Å². The van der Waals surface area contributed by atoms with E-state index in [-0.39, 0.29) is 18.3 Å². The van der Waals surface area contributed by atoms with E-state index < -0.39 is 5.97 Å². The summed E-state index contributed by atoms with van der Waals surface area (Å²) in [6.07, 6.45) is 3.15. The van der Waals surface area contributed by atoms with Crippen LogP contribution in [0.15, 0.2) is 30.3 Å². The predicted molar refractivity (Wildman–Crippen MR) is 80.8 cm³/mol. The van der Waals surface area contributed by atoms with Crippen molar-refractivity contribution >= 4 is 17.6 Å². The Kier molecular flexibility index (Phi) is 5.52. The molecule has 0 spiro atoms. The molecule has 0 saturated heterocycles. The van der Waals surface area contributed by atoms with Gasteiger partial charge in [0.2, 0.25) is 0 Å². The first kappa shape index (κ1) is 16.0. The average Bonchev–Trinajstić information content (AvgIpc) is 2.52. The lowest BCUT2D eigenvalue weighted by Gasteiger charge is -2.26. The normalized spacial score (nSPS) is 14.4.